The Morgan fingerprint density at radius 1 is 0.303 bits per heavy atom. The minimum Gasteiger partial charge on any atom is -0.462 e. The molecule has 0 rings (SSSR count). The summed E-state index contributed by atoms with van der Waals surface area (Å²) in [5.41, 5.74) is 0. The smallest absolute Gasteiger partial charge is 0.462 e. The van der Waals surface area contributed by atoms with E-state index in [1.54, 1.807) is 0 Å². The fraction of sp³-hybridized carbons (Fsp3) is 0.943. The van der Waals surface area contributed by atoms with Gasteiger partial charge in [0.25, 0.3) is 0 Å². The van der Waals surface area contributed by atoms with E-state index in [2.05, 4.69) is 41.5 Å². The van der Waals surface area contributed by atoms with Crippen LogP contribution >= 0.6 is 15.6 Å². The zero-order valence-electron chi connectivity index (χ0n) is 57.7. The van der Waals surface area contributed by atoms with Gasteiger partial charge in [0.1, 0.15) is 19.3 Å². The second kappa shape index (κ2) is 62.2. The van der Waals surface area contributed by atoms with E-state index in [-0.39, 0.29) is 25.7 Å². The minimum absolute atomic E-state index is 0.104. The van der Waals surface area contributed by atoms with Crippen molar-refractivity contribution in [3.05, 3.63) is 0 Å². The van der Waals surface area contributed by atoms with Crippen molar-refractivity contribution in [1.82, 2.24) is 0 Å². The van der Waals surface area contributed by atoms with Crippen molar-refractivity contribution in [3.63, 3.8) is 0 Å². The van der Waals surface area contributed by atoms with Gasteiger partial charge in [-0.3, -0.25) is 37.3 Å². The lowest BCUT2D eigenvalue weighted by atomic mass is 10.0. The molecule has 19 heteroatoms. The Labute approximate surface area is 543 Å². The Bertz CT molecular complexity index is 1730. The minimum atomic E-state index is -4.95. The summed E-state index contributed by atoms with van der Waals surface area (Å²) in [4.78, 5) is 72.5. The largest absolute Gasteiger partial charge is 0.472 e. The fourth-order valence-electron chi connectivity index (χ4n) is 10.6. The molecule has 0 heterocycles. The van der Waals surface area contributed by atoms with E-state index in [4.69, 9.17) is 37.0 Å². The molecule has 89 heavy (non-hydrogen) atoms. The number of hydrogen-bond donors (Lipinski definition) is 3. The number of hydrogen-bond acceptors (Lipinski definition) is 15. The number of phosphoric ester groups is 2. The first-order valence-corrected chi connectivity index (χ1v) is 39.5. The molecule has 0 amide bonds. The molecule has 0 saturated heterocycles. The molecule has 17 nitrogen and oxygen atoms in total. The quantitative estimate of drug-likeness (QED) is 0.0222. The lowest BCUT2D eigenvalue weighted by Crippen LogP contribution is -2.30. The van der Waals surface area contributed by atoms with Gasteiger partial charge in [0.15, 0.2) is 12.2 Å². The summed E-state index contributed by atoms with van der Waals surface area (Å²) in [6.07, 6.45) is 47.2. The van der Waals surface area contributed by atoms with E-state index in [9.17, 15) is 43.2 Å². The summed E-state index contributed by atoms with van der Waals surface area (Å²) < 4.78 is 68.2. The van der Waals surface area contributed by atoms with Crippen LogP contribution in [0.5, 0.6) is 0 Å². The van der Waals surface area contributed by atoms with Crippen LogP contribution in [0.1, 0.15) is 356 Å². The van der Waals surface area contributed by atoms with Crippen LogP contribution < -0.4 is 0 Å². The highest BCUT2D eigenvalue weighted by atomic mass is 31.2. The average Bonchev–Trinajstić information content (AvgIpc) is 3.58. The summed E-state index contributed by atoms with van der Waals surface area (Å²) in [7, 11) is -9.90. The van der Waals surface area contributed by atoms with E-state index in [1.165, 1.54) is 173 Å². The molecule has 0 aliphatic heterocycles. The topological polar surface area (TPSA) is 237 Å². The average molecular weight is 1310 g/mol. The monoisotopic (exact) mass is 1310 g/mol. The van der Waals surface area contributed by atoms with Gasteiger partial charge >= 0.3 is 39.5 Å². The molecular formula is C70H136O17P2. The Hall–Kier alpha value is -1.94. The Balaban J connectivity index is 5.20. The van der Waals surface area contributed by atoms with E-state index in [0.717, 1.165) is 95.8 Å². The Kier molecular flexibility index (Phi) is 60.8. The number of esters is 4. The maximum absolute atomic E-state index is 13.0. The van der Waals surface area contributed by atoms with Crippen molar-refractivity contribution in [1.29, 1.82) is 0 Å². The van der Waals surface area contributed by atoms with E-state index in [0.29, 0.717) is 31.6 Å². The van der Waals surface area contributed by atoms with Crippen molar-refractivity contribution in [2.75, 3.05) is 39.6 Å². The van der Waals surface area contributed by atoms with Gasteiger partial charge in [-0.15, -0.1) is 0 Å². The van der Waals surface area contributed by atoms with Crippen molar-refractivity contribution in [3.8, 4) is 0 Å². The Morgan fingerprint density at radius 3 is 0.764 bits per heavy atom. The molecule has 3 N–H and O–H groups in total. The van der Waals surface area contributed by atoms with Crippen LogP contribution in [0.4, 0.5) is 0 Å². The number of carbonyl (C=O) groups is 4. The molecule has 0 aliphatic carbocycles. The molecule has 2 unspecified atom stereocenters. The summed E-state index contributed by atoms with van der Waals surface area (Å²) >= 11 is 0. The number of aliphatic hydroxyl groups is 1. The molecule has 0 aromatic carbocycles. The highest BCUT2D eigenvalue weighted by Crippen LogP contribution is 2.45. The Morgan fingerprint density at radius 2 is 0.517 bits per heavy atom. The first-order valence-electron chi connectivity index (χ1n) is 36.5. The summed E-state index contributed by atoms with van der Waals surface area (Å²) in [5, 5.41) is 10.6. The standard InChI is InChI=1S/C70H136O17P2/c1-7-9-11-13-15-17-24-29-35-41-47-53-68(73)81-58-65(86-69(74)54-48-42-36-30-26-23-21-19-20-22-25-27-32-38-44-50-62(3)4)60-84-88(76,77)82-56-64(71)57-83-89(78,79)85-61-66(87-70(75)55-49-43-37-31-33-39-45-51-63(5)6)59-80-67(72)52-46-40-34-28-18-16-14-12-10-8-2/h62-66,71H,7-61H2,1-6H3,(H,76,77)(H,78,79)/t64-,65-,66-/m1/s1. The van der Waals surface area contributed by atoms with Crippen LogP contribution in [0.15, 0.2) is 0 Å². The summed E-state index contributed by atoms with van der Waals surface area (Å²) in [5.74, 6) is -0.627. The van der Waals surface area contributed by atoms with Gasteiger partial charge in [-0.25, -0.2) is 9.13 Å². The normalized spacial score (nSPS) is 14.1. The highest BCUT2D eigenvalue weighted by Gasteiger charge is 2.30. The molecule has 0 spiro atoms. The third-order valence-electron chi connectivity index (χ3n) is 16.2. The first kappa shape index (κ1) is 87.1. The van der Waals surface area contributed by atoms with Crippen molar-refractivity contribution >= 4 is 39.5 Å². The zero-order chi connectivity index (χ0) is 65.7. The number of aliphatic hydroxyl groups excluding tert-OH is 1. The molecular weight excluding hydrogens is 1170 g/mol. The van der Waals surface area contributed by atoms with Crippen LogP contribution in [0.3, 0.4) is 0 Å². The molecule has 528 valence electrons. The summed E-state index contributed by atoms with van der Waals surface area (Å²) in [6.45, 7) is 9.50. The molecule has 0 bridgehead atoms. The number of phosphoric acid groups is 2. The van der Waals surface area contributed by atoms with E-state index in [1.807, 2.05) is 0 Å². The highest BCUT2D eigenvalue weighted by molar-refractivity contribution is 7.47. The molecule has 0 aromatic rings. The molecule has 5 atom stereocenters. The van der Waals surface area contributed by atoms with Gasteiger partial charge in [-0.1, -0.05) is 305 Å². The summed E-state index contributed by atoms with van der Waals surface area (Å²) in [6, 6.07) is 0. The van der Waals surface area contributed by atoms with Crippen LogP contribution in [-0.4, -0.2) is 96.7 Å². The van der Waals surface area contributed by atoms with E-state index < -0.39 is 97.5 Å². The molecule has 0 aromatic heterocycles. The van der Waals surface area contributed by atoms with Crippen LogP contribution in [-0.2, 0) is 65.4 Å². The molecule has 0 fully saturated rings. The second-order valence-electron chi connectivity index (χ2n) is 26.2. The van der Waals surface area contributed by atoms with Crippen molar-refractivity contribution < 1.29 is 80.2 Å². The second-order valence-corrected chi connectivity index (χ2v) is 29.1. The fourth-order valence-corrected chi connectivity index (χ4v) is 12.2. The van der Waals surface area contributed by atoms with Crippen molar-refractivity contribution in [2.24, 2.45) is 11.8 Å². The van der Waals surface area contributed by atoms with Crippen LogP contribution in [0, 0.1) is 11.8 Å². The predicted octanol–water partition coefficient (Wildman–Crippen LogP) is 20.0. The third kappa shape index (κ3) is 64.6. The lowest BCUT2D eigenvalue weighted by molar-refractivity contribution is -0.161. The number of ether oxygens (including phenoxy) is 4. The van der Waals surface area contributed by atoms with Crippen molar-refractivity contribution in [2.45, 2.75) is 374 Å². The molecule has 0 radical (unpaired) electrons. The lowest BCUT2D eigenvalue weighted by Gasteiger charge is -2.21. The maximum Gasteiger partial charge on any atom is 0.472 e. The van der Waals surface area contributed by atoms with Gasteiger partial charge in [0.2, 0.25) is 0 Å². The van der Waals surface area contributed by atoms with Gasteiger partial charge in [0.05, 0.1) is 26.4 Å². The number of rotatable bonds is 69. The molecule has 0 saturated carbocycles. The predicted molar refractivity (Wildman–Crippen MR) is 358 cm³/mol. The number of unbranched alkanes of at least 4 members (excludes halogenated alkanes) is 39. The maximum atomic E-state index is 13.0. The van der Waals surface area contributed by atoms with Gasteiger partial charge in [0, 0.05) is 25.7 Å². The van der Waals surface area contributed by atoms with E-state index >= 15 is 0 Å². The third-order valence-corrected chi connectivity index (χ3v) is 18.1. The van der Waals surface area contributed by atoms with Crippen LogP contribution in [0.25, 0.3) is 0 Å². The SMILES string of the molecule is CCCCCCCCCCCCCC(=O)OC[C@H](COP(=O)(O)OC[C@@H](O)COP(=O)(O)OC[C@@H](COC(=O)CCCCCCCCCCCC)OC(=O)CCCCCCCCCC(C)C)OC(=O)CCCCCCCCCCCCCCCCCC(C)C. The molecule has 0 aliphatic rings. The number of carbonyl (C=O) groups excluding carboxylic acids is 4. The van der Waals surface area contributed by atoms with Crippen LogP contribution in [0.2, 0.25) is 0 Å². The van der Waals surface area contributed by atoms with Gasteiger partial charge in [-0.05, 0) is 37.5 Å². The first-order chi connectivity index (χ1) is 42.9. The van der Waals surface area contributed by atoms with Gasteiger partial charge in [-0.2, -0.15) is 0 Å². The zero-order valence-corrected chi connectivity index (χ0v) is 59.5. The van der Waals surface area contributed by atoms with Gasteiger partial charge < -0.3 is 33.8 Å².